The molecule has 7 heteroatoms. The number of carbonyl (C=O) groups excluding carboxylic acids is 2. The van der Waals surface area contributed by atoms with Crippen LogP contribution in [0, 0.1) is 0 Å². The minimum absolute atomic E-state index is 0.0761. The smallest absolute Gasteiger partial charge is 0.248 e. The Bertz CT molecular complexity index is 1030. The van der Waals surface area contributed by atoms with Gasteiger partial charge in [0.05, 0.1) is 12.6 Å². The number of furan rings is 1. The predicted octanol–water partition coefficient (Wildman–Crippen LogP) is 2.87. The molecule has 2 aromatic carbocycles. The summed E-state index contributed by atoms with van der Waals surface area (Å²) < 4.78 is 5.93. The molecule has 31 heavy (non-hydrogen) atoms. The number of hydrogen-bond acceptors (Lipinski definition) is 5. The number of fused-ring (bicyclic) bond motifs is 1. The lowest BCUT2D eigenvalue weighted by Crippen LogP contribution is -2.50. The molecule has 1 unspecified atom stereocenters. The van der Waals surface area contributed by atoms with Crippen LogP contribution in [-0.2, 0) is 4.79 Å². The molecule has 2 heterocycles. The molecule has 0 radical (unpaired) electrons. The summed E-state index contributed by atoms with van der Waals surface area (Å²) in [4.78, 5) is 30.3. The lowest BCUT2D eigenvalue weighted by atomic mass is 10.1. The van der Waals surface area contributed by atoms with Crippen molar-refractivity contribution >= 4 is 28.5 Å². The molecule has 1 aliphatic rings. The number of anilines is 1. The third kappa shape index (κ3) is 4.56. The largest absolute Gasteiger partial charge is 0.459 e. The molecule has 1 saturated heterocycles. The van der Waals surface area contributed by atoms with Gasteiger partial charge >= 0.3 is 0 Å². The highest BCUT2D eigenvalue weighted by atomic mass is 16.3. The predicted molar refractivity (Wildman–Crippen MR) is 121 cm³/mol. The molecule has 7 nitrogen and oxygen atoms in total. The Kier molecular flexibility index (Phi) is 5.95. The first-order valence-electron chi connectivity index (χ1n) is 10.5. The normalized spacial score (nSPS) is 15.7. The molecule has 0 aliphatic carbocycles. The van der Waals surface area contributed by atoms with E-state index in [9.17, 15) is 9.59 Å². The first-order chi connectivity index (χ1) is 14.9. The Balaban J connectivity index is 1.31. The molecule has 162 valence electrons. The number of benzene rings is 2. The minimum atomic E-state index is -0.420. The molecular weight excluding hydrogens is 392 g/mol. The maximum absolute atomic E-state index is 12.9. The quantitative estimate of drug-likeness (QED) is 0.663. The summed E-state index contributed by atoms with van der Waals surface area (Å²) in [5.41, 5.74) is 7.72. The highest BCUT2D eigenvalue weighted by Gasteiger charge is 2.24. The number of piperazine rings is 1. The molecule has 1 aliphatic heterocycles. The van der Waals surface area contributed by atoms with Gasteiger partial charge in [0.1, 0.15) is 11.3 Å². The van der Waals surface area contributed by atoms with E-state index in [0.717, 1.165) is 48.6 Å². The number of amides is 2. The van der Waals surface area contributed by atoms with Gasteiger partial charge in [-0.1, -0.05) is 18.2 Å². The minimum Gasteiger partial charge on any atom is -0.459 e. The summed E-state index contributed by atoms with van der Waals surface area (Å²) in [7, 11) is 1.83. The standard InChI is InChI=1S/C24H28N4O3/c1-17(22-15-19-5-3-4-6-21(19)31-22)26(2)23(29)16-27-11-13-28(14-12-27)20-9-7-18(8-10-20)24(25)30/h3-10,15,17H,11-14,16H2,1-2H3,(H2,25,30). The van der Waals surface area contributed by atoms with E-state index in [2.05, 4.69) is 9.80 Å². The fraction of sp³-hybridized carbons (Fsp3) is 0.333. The number of para-hydroxylation sites is 1. The second kappa shape index (κ2) is 8.81. The second-order valence-electron chi connectivity index (χ2n) is 8.04. The van der Waals surface area contributed by atoms with Gasteiger partial charge in [-0.2, -0.15) is 0 Å². The third-order valence-corrected chi connectivity index (χ3v) is 6.08. The lowest BCUT2D eigenvalue weighted by molar-refractivity contribution is -0.133. The monoisotopic (exact) mass is 420 g/mol. The zero-order chi connectivity index (χ0) is 22.0. The van der Waals surface area contributed by atoms with Gasteiger partial charge in [-0.15, -0.1) is 0 Å². The Morgan fingerprint density at radius 2 is 1.74 bits per heavy atom. The summed E-state index contributed by atoms with van der Waals surface area (Å²) >= 11 is 0. The van der Waals surface area contributed by atoms with Crippen LogP contribution in [0.25, 0.3) is 11.0 Å². The number of likely N-dealkylation sites (N-methyl/N-ethyl adjacent to an activating group) is 1. The Labute approximate surface area is 182 Å². The molecule has 0 saturated carbocycles. The third-order valence-electron chi connectivity index (χ3n) is 6.08. The summed E-state index contributed by atoms with van der Waals surface area (Å²) in [6.45, 7) is 5.63. The van der Waals surface area contributed by atoms with E-state index in [-0.39, 0.29) is 11.9 Å². The van der Waals surface area contributed by atoms with Gasteiger partial charge in [-0.05, 0) is 43.3 Å². The fourth-order valence-corrected chi connectivity index (χ4v) is 3.92. The van der Waals surface area contributed by atoms with Crippen LogP contribution in [0.3, 0.4) is 0 Å². The SMILES string of the molecule is CC(c1cc2ccccc2o1)N(C)C(=O)CN1CCN(c2ccc(C(N)=O)cc2)CC1. The van der Waals surface area contributed by atoms with E-state index in [1.165, 1.54) is 0 Å². The molecule has 1 fully saturated rings. The van der Waals surface area contributed by atoms with E-state index in [0.29, 0.717) is 12.1 Å². The topological polar surface area (TPSA) is 83.0 Å². The molecule has 2 amide bonds. The highest BCUT2D eigenvalue weighted by Crippen LogP contribution is 2.27. The lowest BCUT2D eigenvalue weighted by Gasteiger charge is -2.36. The van der Waals surface area contributed by atoms with Crippen LogP contribution < -0.4 is 10.6 Å². The maximum atomic E-state index is 12.9. The van der Waals surface area contributed by atoms with E-state index < -0.39 is 5.91 Å². The summed E-state index contributed by atoms with van der Waals surface area (Å²) in [5, 5.41) is 1.05. The van der Waals surface area contributed by atoms with E-state index in [1.807, 2.05) is 56.4 Å². The van der Waals surface area contributed by atoms with Crippen molar-refractivity contribution in [2.75, 3.05) is 44.7 Å². The maximum Gasteiger partial charge on any atom is 0.248 e. The van der Waals surface area contributed by atoms with Gasteiger partial charge in [-0.25, -0.2) is 0 Å². The van der Waals surface area contributed by atoms with Gasteiger partial charge in [0.15, 0.2) is 0 Å². The van der Waals surface area contributed by atoms with E-state index in [4.69, 9.17) is 10.2 Å². The number of primary amides is 1. The van der Waals surface area contributed by atoms with Gasteiger partial charge in [0.2, 0.25) is 11.8 Å². The van der Waals surface area contributed by atoms with Crippen LogP contribution in [-0.4, -0.2) is 61.4 Å². The van der Waals surface area contributed by atoms with Crippen molar-refractivity contribution < 1.29 is 14.0 Å². The first kappa shape index (κ1) is 20.9. The average molecular weight is 421 g/mol. The molecule has 2 N–H and O–H groups in total. The average Bonchev–Trinajstić information content (AvgIpc) is 3.23. The zero-order valence-corrected chi connectivity index (χ0v) is 18.0. The van der Waals surface area contributed by atoms with Crippen molar-refractivity contribution in [2.24, 2.45) is 5.73 Å². The number of rotatable bonds is 6. The van der Waals surface area contributed by atoms with E-state index in [1.54, 1.807) is 17.0 Å². The molecular formula is C24H28N4O3. The molecule has 4 rings (SSSR count). The summed E-state index contributed by atoms with van der Waals surface area (Å²) in [6, 6.07) is 17.1. The molecule has 0 bridgehead atoms. The Morgan fingerprint density at radius 1 is 1.06 bits per heavy atom. The number of carbonyl (C=O) groups is 2. The van der Waals surface area contributed by atoms with Crippen molar-refractivity contribution in [1.82, 2.24) is 9.80 Å². The molecule has 0 spiro atoms. The Hall–Kier alpha value is -3.32. The van der Waals surface area contributed by atoms with Gasteiger partial charge < -0.3 is 20.0 Å². The summed E-state index contributed by atoms with van der Waals surface area (Å²) in [5.74, 6) is 0.448. The fourth-order valence-electron chi connectivity index (χ4n) is 3.92. The first-order valence-corrected chi connectivity index (χ1v) is 10.5. The molecule has 3 aromatic rings. The van der Waals surface area contributed by atoms with Crippen LogP contribution in [0.5, 0.6) is 0 Å². The van der Waals surface area contributed by atoms with Crippen molar-refractivity contribution in [3.05, 3.63) is 65.9 Å². The van der Waals surface area contributed by atoms with Crippen LogP contribution >= 0.6 is 0 Å². The van der Waals surface area contributed by atoms with E-state index >= 15 is 0 Å². The van der Waals surface area contributed by atoms with Crippen molar-refractivity contribution in [1.29, 1.82) is 0 Å². The van der Waals surface area contributed by atoms with Crippen molar-refractivity contribution in [3.8, 4) is 0 Å². The number of nitrogens with two attached hydrogens (primary N) is 1. The van der Waals surface area contributed by atoms with Gasteiger partial charge in [0.25, 0.3) is 0 Å². The number of hydrogen-bond donors (Lipinski definition) is 1. The van der Waals surface area contributed by atoms with Crippen LogP contribution in [0.2, 0.25) is 0 Å². The van der Waals surface area contributed by atoms with Crippen molar-refractivity contribution in [2.45, 2.75) is 13.0 Å². The summed E-state index contributed by atoms with van der Waals surface area (Å²) in [6.07, 6.45) is 0. The highest BCUT2D eigenvalue weighted by molar-refractivity contribution is 5.93. The van der Waals surface area contributed by atoms with Crippen LogP contribution in [0.15, 0.2) is 59.0 Å². The van der Waals surface area contributed by atoms with Gasteiger partial charge in [-0.3, -0.25) is 14.5 Å². The number of nitrogens with zero attached hydrogens (tertiary/aromatic N) is 3. The van der Waals surface area contributed by atoms with Crippen LogP contribution in [0.4, 0.5) is 5.69 Å². The zero-order valence-electron chi connectivity index (χ0n) is 18.0. The Morgan fingerprint density at radius 3 is 2.39 bits per heavy atom. The molecule has 1 atom stereocenters. The van der Waals surface area contributed by atoms with Crippen molar-refractivity contribution in [3.63, 3.8) is 0 Å². The van der Waals surface area contributed by atoms with Gasteiger partial charge in [0, 0.05) is 49.9 Å². The second-order valence-corrected chi connectivity index (χ2v) is 8.04. The van der Waals surface area contributed by atoms with Crippen LogP contribution in [0.1, 0.15) is 29.1 Å². The molecule has 1 aromatic heterocycles.